The van der Waals surface area contributed by atoms with Gasteiger partial charge in [0.1, 0.15) is 0 Å². The molecule has 0 amide bonds. The van der Waals surface area contributed by atoms with Gasteiger partial charge in [-0.05, 0) is 19.4 Å². The van der Waals surface area contributed by atoms with Crippen LogP contribution in [-0.4, -0.2) is 32.3 Å². The topological polar surface area (TPSA) is 47.3 Å². The van der Waals surface area contributed by atoms with E-state index in [0.29, 0.717) is 6.10 Å². The lowest BCUT2D eigenvalue weighted by atomic mass is 10.1. The van der Waals surface area contributed by atoms with E-state index < -0.39 is 0 Å². The summed E-state index contributed by atoms with van der Waals surface area (Å²) in [7, 11) is 0. The molecule has 0 aliphatic carbocycles. The average molecular weight is 200 g/mol. The van der Waals surface area contributed by atoms with E-state index in [-0.39, 0.29) is 0 Å². The van der Waals surface area contributed by atoms with E-state index in [9.17, 15) is 0 Å². The van der Waals surface area contributed by atoms with E-state index >= 15 is 0 Å². The summed E-state index contributed by atoms with van der Waals surface area (Å²) in [5.74, 6) is 0. The van der Waals surface area contributed by atoms with Crippen molar-refractivity contribution in [1.29, 1.82) is 0 Å². The number of nitrogens with two attached hydrogens (primary N) is 1. The first-order valence-corrected chi connectivity index (χ1v) is 5.96. The Bertz CT molecular complexity index is 124. The van der Waals surface area contributed by atoms with Crippen molar-refractivity contribution < 1.29 is 4.74 Å². The highest BCUT2D eigenvalue weighted by atomic mass is 16.5. The van der Waals surface area contributed by atoms with E-state index in [4.69, 9.17) is 10.5 Å². The lowest BCUT2D eigenvalue weighted by molar-refractivity contribution is 0.0220. The minimum Gasteiger partial charge on any atom is -0.376 e. The minimum atomic E-state index is 0.471. The molecule has 1 fully saturated rings. The highest BCUT2D eigenvalue weighted by molar-refractivity contribution is 4.66. The molecular formula is C11H24N2O. The Balaban J connectivity index is 1.82. The van der Waals surface area contributed by atoms with Crippen LogP contribution in [0.15, 0.2) is 0 Å². The Morgan fingerprint density at radius 1 is 1.14 bits per heavy atom. The van der Waals surface area contributed by atoms with E-state index in [1.807, 2.05) is 0 Å². The number of hydrogen-bond donors (Lipinski definition) is 2. The molecule has 0 radical (unpaired) electrons. The maximum atomic E-state index is 5.62. The van der Waals surface area contributed by atoms with Crippen molar-refractivity contribution in [3.05, 3.63) is 0 Å². The number of morpholine rings is 1. The zero-order valence-corrected chi connectivity index (χ0v) is 9.13. The van der Waals surface area contributed by atoms with Crippen LogP contribution in [0.25, 0.3) is 0 Å². The molecule has 1 unspecified atom stereocenters. The molecular weight excluding hydrogens is 176 g/mol. The van der Waals surface area contributed by atoms with Crippen molar-refractivity contribution in [3.63, 3.8) is 0 Å². The van der Waals surface area contributed by atoms with Crippen LogP contribution in [0.5, 0.6) is 0 Å². The Labute approximate surface area is 87.4 Å². The summed E-state index contributed by atoms with van der Waals surface area (Å²) >= 11 is 0. The highest BCUT2D eigenvalue weighted by Gasteiger charge is 2.11. The van der Waals surface area contributed by atoms with Gasteiger partial charge in [0.2, 0.25) is 0 Å². The van der Waals surface area contributed by atoms with E-state index in [1.165, 1.54) is 38.5 Å². The van der Waals surface area contributed by atoms with Crippen molar-refractivity contribution in [2.45, 2.75) is 44.6 Å². The fraction of sp³-hybridized carbons (Fsp3) is 1.00. The third kappa shape index (κ3) is 5.58. The Hall–Kier alpha value is -0.120. The second-order valence-corrected chi connectivity index (χ2v) is 4.04. The first-order valence-electron chi connectivity index (χ1n) is 5.96. The first-order chi connectivity index (χ1) is 6.93. The van der Waals surface area contributed by atoms with Crippen LogP contribution in [0.4, 0.5) is 0 Å². The molecule has 1 atom stereocenters. The normalized spacial score (nSPS) is 22.5. The zero-order chi connectivity index (χ0) is 10.1. The SMILES string of the molecule is NCCCCCCCC1CNCCO1. The van der Waals surface area contributed by atoms with Gasteiger partial charge in [0, 0.05) is 13.1 Å². The summed E-state index contributed by atoms with van der Waals surface area (Å²) in [6, 6.07) is 0. The summed E-state index contributed by atoms with van der Waals surface area (Å²) in [5, 5.41) is 3.35. The third-order valence-corrected chi connectivity index (χ3v) is 2.73. The molecule has 3 N–H and O–H groups in total. The fourth-order valence-electron chi connectivity index (χ4n) is 1.85. The molecule has 0 aromatic carbocycles. The number of nitrogens with one attached hydrogen (secondary N) is 1. The summed E-state index contributed by atoms with van der Waals surface area (Å²) in [5.41, 5.74) is 5.43. The lowest BCUT2D eigenvalue weighted by Gasteiger charge is -2.23. The van der Waals surface area contributed by atoms with Gasteiger partial charge in [-0.1, -0.05) is 25.7 Å². The Morgan fingerprint density at radius 2 is 1.93 bits per heavy atom. The summed E-state index contributed by atoms with van der Waals surface area (Å²) in [6.07, 6.45) is 8.13. The molecule has 1 saturated heterocycles. The smallest absolute Gasteiger partial charge is 0.0700 e. The Morgan fingerprint density at radius 3 is 2.64 bits per heavy atom. The van der Waals surface area contributed by atoms with Crippen molar-refractivity contribution in [2.24, 2.45) is 5.73 Å². The number of rotatable bonds is 7. The van der Waals surface area contributed by atoms with E-state index in [1.54, 1.807) is 0 Å². The zero-order valence-electron chi connectivity index (χ0n) is 9.13. The number of unbranched alkanes of at least 4 members (excludes halogenated alkanes) is 4. The van der Waals surface area contributed by atoms with Crippen LogP contribution in [0, 0.1) is 0 Å². The van der Waals surface area contributed by atoms with Crippen molar-refractivity contribution in [3.8, 4) is 0 Å². The minimum absolute atomic E-state index is 0.471. The molecule has 3 nitrogen and oxygen atoms in total. The van der Waals surface area contributed by atoms with Crippen molar-refractivity contribution in [2.75, 3.05) is 26.2 Å². The van der Waals surface area contributed by atoms with Gasteiger partial charge in [0.05, 0.1) is 12.7 Å². The van der Waals surface area contributed by atoms with Gasteiger partial charge in [0.15, 0.2) is 0 Å². The van der Waals surface area contributed by atoms with Crippen molar-refractivity contribution in [1.82, 2.24) is 5.32 Å². The average Bonchev–Trinajstić information content (AvgIpc) is 2.25. The third-order valence-electron chi connectivity index (χ3n) is 2.73. The van der Waals surface area contributed by atoms with Gasteiger partial charge in [-0.25, -0.2) is 0 Å². The van der Waals surface area contributed by atoms with Crippen LogP contribution in [0.1, 0.15) is 38.5 Å². The molecule has 1 heterocycles. The molecule has 0 aromatic rings. The standard InChI is InChI=1S/C11H24N2O/c12-7-5-3-1-2-4-6-11-10-13-8-9-14-11/h11,13H,1-10,12H2. The summed E-state index contributed by atoms with van der Waals surface area (Å²) in [6.45, 7) is 3.79. The maximum Gasteiger partial charge on any atom is 0.0700 e. The van der Waals surface area contributed by atoms with Gasteiger partial charge < -0.3 is 15.8 Å². The molecule has 0 bridgehead atoms. The summed E-state index contributed by atoms with van der Waals surface area (Å²) < 4.78 is 5.62. The van der Waals surface area contributed by atoms with Gasteiger partial charge >= 0.3 is 0 Å². The molecule has 1 rings (SSSR count). The molecule has 0 saturated carbocycles. The van der Waals surface area contributed by atoms with Gasteiger partial charge in [-0.15, -0.1) is 0 Å². The monoisotopic (exact) mass is 200 g/mol. The van der Waals surface area contributed by atoms with Crippen LogP contribution < -0.4 is 11.1 Å². The summed E-state index contributed by atoms with van der Waals surface area (Å²) in [4.78, 5) is 0. The molecule has 3 heteroatoms. The van der Waals surface area contributed by atoms with Crippen LogP contribution in [-0.2, 0) is 4.74 Å². The molecule has 1 aliphatic heterocycles. The highest BCUT2D eigenvalue weighted by Crippen LogP contribution is 2.10. The van der Waals surface area contributed by atoms with Gasteiger partial charge in [0.25, 0.3) is 0 Å². The predicted octanol–water partition coefficient (Wildman–Crippen LogP) is 1.27. The van der Waals surface area contributed by atoms with E-state index in [2.05, 4.69) is 5.32 Å². The van der Waals surface area contributed by atoms with Crippen LogP contribution in [0.2, 0.25) is 0 Å². The second kappa shape index (κ2) is 8.21. The van der Waals surface area contributed by atoms with Crippen LogP contribution >= 0.6 is 0 Å². The quantitative estimate of drug-likeness (QED) is 0.608. The lowest BCUT2D eigenvalue weighted by Crippen LogP contribution is -2.38. The molecule has 0 aromatic heterocycles. The number of hydrogen-bond acceptors (Lipinski definition) is 3. The van der Waals surface area contributed by atoms with Crippen molar-refractivity contribution >= 4 is 0 Å². The number of ether oxygens (including phenoxy) is 1. The van der Waals surface area contributed by atoms with Gasteiger partial charge in [-0.2, -0.15) is 0 Å². The second-order valence-electron chi connectivity index (χ2n) is 4.04. The predicted molar refractivity (Wildman–Crippen MR) is 59.4 cm³/mol. The molecule has 14 heavy (non-hydrogen) atoms. The van der Waals surface area contributed by atoms with Crippen LogP contribution in [0.3, 0.4) is 0 Å². The Kier molecular flexibility index (Phi) is 7.01. The van der Waals surface area contributed by atoms with Gasteiger partial charge in [-0.3, -0.25) is 0 Å². The first kappa shape index (κ1) is 12.0. The largest absolute Gasteiger partial charge is 0.376 e. The molecule has 84 valence electrons. The fourth-order valence-corrected chi connectivity index (χ4v) is 1.85. The maximum absolute atomic E-state index is 5.62. The van der Waals surface area contributed by atoms with E-state index in [0.717, 1.165) is 26.2 Å². The molecule has 1 aliphatic rings. The molecule has 0 spiro atoms.